The summed E-state index contributed by atoms with van der Waals surface area (Å²) in [6, 6.07) is 3.25. The molecular weight excluding hydrogens is 212 g/mol. The zero-order valence-corrected chi connectivity index (χ0v) is 9.29. The van der Waals surface area contributed by atoms with Crippen LogP contribution in [-0.4, -0.2) is 17.4 Å². The zero-order chi connectivity index (χ0) is 11.1. The van der Waals surface area contributed by atoms with Crippen molar-refractivity contribution in [1.29, 1.82) is 0 Å². The quantitative estimate of drug-likeness (QED) is 0.631. The summed E-state index contributed by atoms with van der Waals surface area (Å²) < 4.78 is 0. The average molecular weight is 225 g/mol. The Morgan fingerprint density at radius 1 is 1.60 bits per heavy atom. The van der Waals surface area contributed by atoms with E-state index in [4.69, 9.17) is 11.6 Å². The van der Waals surface area contributed by atoms with Crippen molar-refractivity contribution in [3.05, 3.63) is 41.2 Å². The highest BCUT2D eigenvalue weighted by Gasteiger charge is 2.04. The molecule has 0 atom stereocenters. The van der Waals surface area contributed by atoms with Crippen LogP contribution < -0.4 is 5.32 Å². The number of pyridine rings is 1. The van der Waals surface area contributed by atoms with Gasteiger partial charge in [0.25, 0.3) is 5.91 Å². The molecule has 15 heavy (non-hydrogen) atoms. The molecule has 0 saturated carbocycles. The van der Waals surface area contributed by atoms with E-state index in [1.807, 2.05) is 19.1 Å². The largest absolute Gasteiger partial charge is 0.350 e. The first kappa shape index (κ1) is 11.7. The third-order valence-corrected chi connectivity index (χ3v) is 2.02. The average Bonchev–Trinajstić information content (AvgIpc) is 2.25. The fourth-order valence-corrected chi connectivity index (χ4v) is 1.15. The maximum absolute atomic E-state index is 11.5. The van der Waals surface area contributed by atoms with E-state index in [0.717, 1.165) is 6.42 Å². The molecule has 0 unspecified atom stereocenters. The fraction of sp³-hybridized carbons (Fsp3) is 0.273. The van der Waals surface area contributed by atoms with Crippen LogP contribution in [0.5, 0.6) is 0 Å². The molecule has 0 fully saturated rings. The molecule has 1 amide bonds. The first-order valence-electron chi connectivity index (χ1n) is 4.75. The molecule has 0 aliphatic heterocycles. The molecule has 1 aromatic rings. The molecule has 0 aliphatic carbocycles. The van der Waals surface area contributed by atoms with Crippen LogP contribution in [0.4, 0.5) is 0 Å². The van der Waals surface area contributed by atoms with Crippen LogP contribution in [0.15, 0.2) is 30.5 Å². The number of carbonyl (C=O) groups excluding carboxylic acids is 1. The molecule has 1 rings (SSSR count). The smallest absolute Gasteiger partial charge is 0.269 e. The van der Waals surface area contributed by atoms with E-state index in [2.05, 4.69) is 10.3 Å². The van der Waals surface area contributed by atoms with Crippen LogP contribution in [0.25, 0.3) is 0 Å². The number of hydrogen-bond donors (Lipinski definition) is 1. The van der Waals surface area contributed by atoms with Crippen molar-refractivity contribution < 1.29 is 4.79 Å². The number of halogens is 1. The number of amides is 1. The SMILES string of the molecule is C/C=C/CCNC(=O)c1ccc(Cl)cn1. The molecule has 0 radical (unpaired) electrons. The van der Waals surface area contributed by atoms with Crippen molar-refractivity contribution in [3.8, 4) is 0 Å². The lowest BCUT2D eigenvalue weighted by atomic mass is 10.3. The second kappa shape index (κ2) is 6.19. The molecule has 0 saturated heterocycles. The van der Waals surface area contributed by atoms with Crippen LogP contribution in [0, 0.1) is 0 Å². The highest BCUT2D eigenvalue weighted by molar-refractivity contribution is 6.30. The van der Waals surface area contributed by atoms with E-state index in [1.165, 1.54) is 6.20 Å². The van der Waals surface area contributed by atoms with Crippen LogP contribution >= 0.6 is 11.6 Å². The van der Waals surface area contributed by atoms with Gasteiger partial charge in [-0.3, -0.25) is 4.79 Å². The predicted molar refractivity (Wildman–Crippen MR) is 61.0 cm³/mol. The number of nitrogens with zero attached hydrogens (tertiary/aromatic N) is 1. The van der Waals surface area contributed by atoms with E-state index in [-0.39, 0.29) is 5.91 Å². The van der Waals surface area contributed by atoms with E-state index in [1.54, 1.807) is 12.1 Å². The first-order chi connectivity index (χ1) is 7.24. The van der Waals surface area contributed by atoms with Crippen LogP contribution in [0.1, 0.15) is 23.8 Å². The summed E-state index contributed by atoms with van der Waals surface area (Å²) in [5, 5.41) is 3.29. The van der Waals surface area contributed by atoms with Gasteiger partial charge in [0.1, 0.15) is 5.69 Å². The Morgan fingerprint density at radius 2 is 2.40 bits per heavy atom. The fourth-order valence-electron chi connectivity index (χ4n) is 1.04. The Hall–Kier alpha value is -1.35. The molecule has 3 nitrogen and oxygen atoms in total. The maximum Gasteiger partial charge on any atom is 0.269 e. The number of aromatic nitrogens is 1. The Morgan fingerprint density at radius 3 is 3.00 bits per heavy atom. The predicted octanol–water partition coefficient (Wildman–Crippen LogP) is 2.43. The lowest BCUT2D eigenvalue weighted by Crippen LogP contribution is -2.24. The lowest BCUT2D eigenvalue weighted by Gasteiger charge is -2.02. The van der Waals surface area contributed by atoms with E-state index in [0.29, 0.717) is 17.3 Å². The molecule has 0 aromatic carbocycles. The van der Waals surface area contributed by atoms with Crippen molar-refractivity contribution in [2.45, 2.75) is 13.3 Å². The second-order valence-electron chi connectivity index (χ2n) is 2.98. The van der Waals surface area contributed by atoms with Gasteiger partial charge in [-0.1, -0.05) is 23.8 Å². The highest BCUT2D eigenvalue weighted by Crippen LogP contribution is 2.05. The summed E-state index contributed by atoms with van der Waals surface area (Å²) in [5.41, 5.74) is 0.389. The van der Waals surface area contributed by atoms with E-state index in [9.17, 15) is 4.79 Å². The van der Waals surface area contributed by atoms with Crippen molar-refractivity contribution >= 4 is 17.5 Å². The summed E-state index contributed by atoms with van der Waals surface area (Å²) in [6.07, 6.45) is 6.24. The van der Waals surface area contributed by atoms with Gasteiger partial charge in [-0.15, -0.1) is 0 Å². The van der Waals surface area contributed by atoms with Gasteiger partial charge in [0.2, 0.25) is 0 Å². The number of allylic oxidation sites excluding steroid dienone is 1. The zero-order valence-electron chi connectivity index (χ0n) is 8.53. The van der Waals surface area contributed by atoms with Crippen molar-refractivity contribution in [3.63, 3.8) is 0 Å². The summed E-state index contributed by atoms with van der Waals surface area (Å²) in [5.74, 6) is -0.170. The molecule has 0 bridgehead atoms. The topological polar surface area (TPSA) is 42.0 Å². The van der Waals surface area contributed by atoms with Gasteiger partial charge < -0.3 is 5.32 Å². The molecule has 0 aliphatic rings. The molecule has 1 aromatic heterocycles. The Balaban J connectivity index is 2.43. The van der Waals surface area contributed by atoms with Crippen LogP contribution in [0.2, 0.25) is 5.02 Å². The van der Waals surface area contributed by atoms with E-state index < -0.39 is 0 Å². The first-order valence-corrected chi connectivity index (χ1v) is 5.12. The second-order valence-corrected chi connectivity index (χ2v) is 3.41. The monoisotopic (exact) mass is 224 g/mol. The van der Waals surface area contributed by atoms with Crippen molar-refractivity contribution in [1.82, 2.24) is 10.3 Å². The normalized spacial score (nSPS) is 10.5. The third-order valence-electron chi connectivity index (χ3n) is 1.79. The van der Waals surface area contributed by atoms with Gasteiger partial charge in [-0.05, 0) is 25.5 Å². The minimum Gasteiger partial charge on any atom is -0.350 e. The van der Waals surface area contributed by atoms with Gasteiger partial charge >= 0.3 is 0 Å². The molecule has 1 N–H and O–H groups in total. The molecular formula is C11H13ClN2O. The van der Waals surface area contributed by atoms with Crippen LogP contribution in [-0.2, 0) is 0 Å². The number of nitrogens with one attached hydrogen (secondary N) is 1. The summed E-state index contributed by atoms with van der Waals surface area (Å²) in [4.78, 5) is 15.4. The number of hydrogen-bond acceptors (Lipinski definition) is 2. The van der Waals surface area contributed by atoms with Crippen molar-refractivity contribution in [2.75, 3.05) is 6.54 Å². The number of rotatable bonds is 4. The van der Waals surface area contributed by atoms with Gasteiger partial charge in [0.05, 0.1) is 5.02 Å². The van der Waals surface area contributed by atoms with Crippen molar-refractivity contribution in [2.24, 2.45) is 0 Å². The summed E-state index contributed by atoms with van der Waals surface area (Å²) >= 11 is 5.66. The van der Waals surface area contributed by atoms with Gasteiger partial charge in [-0.2, -0.15) is 0 Å². The van der Waals surface area contributed by atoms with Gasteiger partial charge in [-0.25, -0.2) is 4.98 Å². The summed E-state index contributed by atoms with van der Waals surface area (Å²) in [6.45, 7) is 2.57. The highest BCUT2D eigenvalue weighted by atomic mass is 35.5. The van der Waals surface area contributed by atoms with Gasteiger partial charge in [0, 0.05) is 12.7 Å². The Kier molecular flexibility index (Phi) is 4.84. The molecule has 80 valence electrons. The van der Waals surface area contributed by atoms with E-state index >= 15 is 0 Å². The lowest BCUT2D eigenvalue weighted by molar-refractivity contribution is 0.0949. The van der Waals surface area contributed by atoms with Crippen LogP contribution in [0.3, 0.4) is 0 Å². The third kappa shape index (κ3) is 4.13. The Bertz CT molecular complexity index is 346. The molecule has 0 spiro atoms. The minimum atomic E-state index is -0.170. The Labute approximate surface area is 94.2 Å². The number of carbonyl (C=O) groups is 1. The van der Waals surface area contributed by atoms with Gasteiger partial charge in [0.15, 0.2) is 0 Å². The maximum atomic E-state index is 11.5. The standard InChI is InChI=1S/C11H13ClN2O/c1-2-3-4-7-13-11(15)10-6-5-9(12)8-14-10/h2-3,5-6,8H,4,7H2,1H3,(H,13,15)/b3-2+. The minimum absolute atomic E-state index is 0.170. The molecule has 4 heteroatoms. The molecule has 1 heterocycles. The summed E-state index contributed by atoms with van der Waals surface area (Å²) in [7, 11) is 0.